The van der Waals surface area contributed by atoms with Crippen LogP contribution in [0.2, 0.25) is 0 Å². The third-order valence-electron chi connectivity index (χ3n) is 1.52. The normalized spacial score (nSPS) is 11.4. The van der Waals surface area contributed by atoms with Gasteiger partial charge in [-0.2, -0.15) is 13.2 Å². The number of hydrogen-bond acceptors (Lipinski definition) is 3. The second-order valence-corrected chi connectivity index (χ2v) is 4.27. The molecule has 0 aliphatic carbocycles. The van der Waals surface area contributed by atoms with Crippen LogP contribution in [-0.4, -0.2) is 18.5 Å². The molecule has 96 valence electrons. The van der Waals surface area contributed by atoms with Gasteiger partial charge in [0.2, 0.25) is 0 Å². The Kier molecular flexibility index (Phi) is 5.30. The smallest absolute Gasteiger partial charge is 0.485 e. The van der Waals surface area contributed by atoms with Crippen LogP contribution in [-0.2, 0) is 17.2 Å². The van der Waals surface area contributed by atoms with Crippen molar-refractivity contribution in [1.82, 2.24) is 0 Å². The summed E-state index contributed by atoms with van der Waals surface area (Å²) in [6.07, 6.45) is 5.83. The maximum atomic E-state index is 10.7. The van der Waals surface area contributed by atoms with Crippen molar-refractivity contribution in [3.8, 4) is 0 Å². The standard InChI is InChI=1S/C8H10N.CHF3O3S/c1-3-8-4-6-9(2)7-5-8;2-1(3,4)8(5,6)7/h3-7H,1H2,2H3;(H,5,6,7)/q+1;/p-1. The zero-order chi connectivity index (χ0) is 13.7. The van der Waals surface area contributed by atoms with Gasteiger partial charge in [0.15, 0.2) is 22.5 Å². The number of alkyl halides is 3. The summed E-state index contributed by atoms with van der Waals surface area (Å²) in [5.41, 5.74) is -4.49. The van der Waals surface area contributed by atoms with Gasteiger partial charge in [0.05, 0.1) is 0 Å². The van der Waals surface area contributed by atoms with E-state index in [1.165, 1.54) is 0 Å². The number of pyridine rings is 1. The molecule has 1 heterocycles. The summed E-state index contributed by atoms with van der Waals surface area (Å²) in [5, 5.41) is 0. The molecule has 0 aliphatic heterocycles. The third-order valence-corrected chi connectivity index (χ3v) is 2.09. The van der Waals surface area contributed by atoms with Crippen LogP contribution in [0.15, 0.2) is 31.1 Å². The van der Waals surface area contributed by atoms with Gasteiger partial charge in [-0.05, 0) is 5.56 Å². The van der Waals surface area contributed by atoms with Crippen molar-refractivity contribution in [2.45, 2.75) is 5.51 Å². The summed E-state index contributed by atoms with van der Waals surface area (Å²) < 4.78 is 60.9. The molecule has 0 amide bonds. The minimum absolute atomic E-state index is 1.16. The topological polar surface area (TPSA) is 61.1 Å². The van der Waals surface area contributed by atoms with E-state index in [1.807, 2.05) is 42.2 Å². The molecule has 0 spiro atoms. The van der Waals surface area contributed by atoms with Gasteiger partial charge in [0, 0.05) is 12.1 Å². The number of nitrogens with zero attached hydrogens (tertiary/aromatic N) is 1. The number of aryl methyl sites for hydroxylation is 1. The fourth-order valence-electron chi connectivity index (χ4n) is 0.649. The summed E-state index contributed by atoms with van der Waals surface area (Å²) in [4.78, 5) is 0. The average Bonchev–Trinajstić information content (AvgIpc) is 2.17. The van der Waals surface area contributed by atoms with Crippen molar-refractivity contribution < 1.29 is 30.7 Å². The molecule has 4 nitrogen and oxygen atoms in total. The first-order valence-electron chi connectivity index (χ1n) is 4.18. The first-order valence-corrected chi connectivity index (χ1v) is 5.58. The molecule has 0 aromatic carbocycles. The second-order valence-electron chi connectivity index (χ2n) is 2.90. The monoisotopic (exact) mass is 269 g/mol. The molecule has 8 heteroatoms. The summed E-state index contributed by atoms with van der Waals surface area (Å²) in [7, 11) is -4.10. The predicted molar refractivity (Wildman–Crippen MR) is 53.5 cm³/mol. The quantitative estimate of drug-likeness (QED) is 0.437. The molecule has 0 saturated heterocycles. The van der Waals surface area contributed by atoms with Crippen molar-refractivity contribution >= 4 is 16.2 Å². The van der Waals surface area contributed by atoms with Crippen LogP contribution in [0.4, 0.5) is 13.2 Å². The number of hydrogen-bond donors (Lipinski definition) is 0. The lowest BCUT2D eigenvalue weighted by Crippen LogP contribution is -2.25. The van der Waals surface area contributed by atoms with Gasteiger partial charge < -0.3 is 4.55 Å². The predicted octanol–water partition coefficient (Wildman–Crippen LogP) is 1.21. The molecule has 17 heavy (non-hydrogen) atoms. The van der Waals surface area contributed by atoms with Crippen LogP contribution in [0.3, 0.4) is 0 Å². The van der Waals surface area contributed by atoms with Gasteiger partial charge in [0.1, 0.15) is 7.05 Å². The van der Waals surface area contributed by atoms with Crippen LogP contribution in [0, 0.1) is 0 Å². The Morgan fingerprint density at radius 3 is 1.94 bits per heavy atom. The maximum absolute atomic E-state index is 10.7. The molecule has 1 rings (SSSR count). The summed E-state index contributed by atoms with van der Waals surface area (Å²) in [6, 6.07) is 4.04. The molecule has 0 atom stereocenters. The molecule has 0 saturated carbocycles. The Balaban J connectivity index is 0.000000304. The van der Waals surface area contributed by atoms with Gasteiger partial charge in [-0.15, -0.1) is 0 Å². The van der Waals surface area contributed by atoms with E-state index in [-0.39, 0.29) is 0 Å². The van der Waals surface area contributed by atoms with E-state index in [4.69, 9.17) is 13.0 Å². The van der Waals surface area contributed by atoms with Crippen molar-refractivity contribution in [2.75, 3.05) is 0 Å². The minimum Gasteiger partial charge on any atom is -0.741 e. The molecule has 1 aromatic rings. The SMILES string of the molecule is C=Cc1cc[n+](C)cc1.O=S(=O)([O-])C(F)(F)F. The average molecular weight is 269 g/mol. The van der Waals surface area contributed by atoms with Crippen molar-refractivity contribution in [1.29, 1.82) is 0 Å². The molecule has 0 bridgehead atoms. The van der Waals surface area contributed by atoms with E-state index in [9.17, 15) is 13.2 Å². The number of rotatable bonds is 1. The van der Waals surface area contributed by atoms with Crippen molar-refractivity contribution in [2.24, 2.45) is 7.05 Å². The van der Waals surface area contributed by atoms with Crippen LogP contribution < -0.4 is 4.57 Å². The van der Waals surface area contributed by atoms with Gasteiger partial charge in [-0.1, -0.05) is 12.7 Å². The highest BCUT2D eigenvalue weighted by atomic mass is 32.2. The zero-order valence-electron chi connectivity index (χ0n) is 8.81. The minimum atomic E-state index is -6.09. The van der Waals surface area contributed by atoms with E-state index in [2.05, 4.69) is 6.58 Å². The van der Waals surface area contributed by atoms with E-state index < -0.39 is 15.6 Å². The zero-order valence-corrected chi connectivity index (χ0v) is 9.62. The lowest BCUT2D eigenvalue weighted by Gasteiger charge is -2.08. The van der Waals surface area contributed by atoms with E-state index >= 15 is 0 Å². The Morgan fingerprint density at radius 1 is 1.35 bits per heavy atom. The largest absolute Gasteiger partial charge is 0.741 e. The molecule has 0 aliphatic rings. The van der Waals surface area contributed by atoms with E-state index in [0.29, 0.717) is 0 Å². The summed E-state index contributed by atoms with van der Waals surface area (Å²) in [5.74, 6) is 0. The van der Waals surface area contributed by atoms with E-state index in [1.54, 1.807) is 0 Å². The third kappa shape index (κ3) is 6.03. The molecular weight excluding hydrogens is 259 g/mol. The van der Waals surface area contributed by atoms with Gasteiger partial charge >= 0.3 is 5.51 Å². The highest BCUT2D eigenvalue weighted by Crippen LogP contribution is 2.20. The van der Waals surface area contributed by atoms with Crippen LogP contribution in [0.5, 0.6) is 0 Å². The van der Waals surface area contributed by atoms with Gasteiger partial charge in [-0.3, -0.25) is 0 Å². The number of halogens is 3. The fourth-order valence-corrected chi connectivity index (χ4v) is 0.649. The van der Waals surface area contributed by atoms with Crippen LogP contribution >= 0.6 is 0 Å². The van der Waals surface area contributed by atoms with Crippen LogP contribution in [0.25, 0.3) is 6.08 Å². The summed E-state index contributed by atoms with van der Waals surface area (Å²) >= 11 is 0. The van der Waals surface area contributed by atoms with E-state index in [0.717, 1.165) is 5.56 Å². The van der Waals surface area contributed by atoms with Crippen LogP contribution in [0.1, 0.15) is 5.56 Å². The van der Waals surface area contributed by atoms with Gasteiger partial charge in [0.25, 0.3) is 0 Å². The fraction of sp³-hybridized carbons (Fsp3) is 0.222. The Bertz CT molecular complexity index is 465. The second kappa shape index (κ2) is 5.78. The molecule has 0 N–H and O–H groups in total. The molecule has 1 aromatic heterocycles. The molecule has 0 unspecified atom stereocenters. The van der Waals surface area contributed by atoms with Crippen molar-refractivity contribution in [3.05, 3.63) is 36.7 Å². The lowest BCUT2D eigenvalue weighted by molar-refractivity contribution is -0.671. The highest BCUT2D eigenvalue weighted by molar-refractivity contribution is 7.86. The maximum Gasteiger partial charge on any atom is 0.485 e. The number of aromatic nitrogens is 1. The van der Waals surface area contributed by atoms with Crippen molar-refractivity contribution in [3.63, 3.8) is 0 Å². The first-order chi connectivity index (χ1) is 7.58. The molecular formula is C9H10F3NO3S. The van der Waals surface area contributed by atoms with Gasteiger partial charge in [-0.25, -0.2) is 13.0 Å². The molecule has 0 radical (unpaired) electrons. The highest BCUT2D eigenvalue weighted by Gasteiger charge is 2.36. The Hall–Kier alpha value is -1.41. The Morgan fingerprint density at radius 2 is 1.71 bits per heavy atom. The summed E-state index contributed by atoms with van der Waals surface area (Å²) in [6.45, 7) is 3.65. The Labute approximate surface area is 96.8 Å². The molecule has 0 fully saturated rings. The lowest BCUT2D eigenvalue weighted by atomic mass is 10.3. The first kappa shape index (κ1) is 15.6.